The molecule has 0 atom stereocenters. The molecule has 0 amide bonds. The molecule has 5 heteroatoms. The molecule has 2 rings (SSSR count). The second-order valence-electron chi connectivity index (χ2n) is 6.52. The molecule has 2 nitrogen and oxygen atoms in total. The van der Waals surface area contributed by atoms with Crippen LogP contribution in [0.5, 0.6) is 0 Å². The van der Waals surface area contributed by atoms with Gasteiger partial charge in [-0.05, 0) is 55.8 Å². The summed E-state index contributed by atoms with van der Waals surface area (Å²) in [6.07, 6.45) is 10.3. The monoisotopic (exact) mass is 300 g/mol. The summed E-state index contributed by atoms with van der Waals surface area (Å²) in [7, 11) is 2.52. The maximum Gasteiger partial charge on any atom is 0.306 e. The molecule has 0 spiro atoms. The summed E-state index contributed by atoms with van der Waals surface area (Å²) < 4.78 is 0. The first-order valence-corrected chi connectivity index (χ1v) is 18.4. The third-order valence-corrected chi connectivity index (χ3v) is 17.0. The van der Waals surface area contributed by atoms with E-state index in [1.807, 2.05) is 0 Å². The van der Waals surface area contributed by atoms with Gasteiger partial charge in [0.15, 0.2) is 0 Å². The average Bonchev–Trinajstić information content (AvgIpc) is 2.40. The Hall–Kier alpha value is 0.121. The molecule has 0 aromatic carbocycles. The molecule has 0 heterocycles. The Kier molecular flexibility index (Phi) is 5.69. The SMILES string of the molecule is O=C(O)C1CCC(C2CCC([SiH2][SiH2][SiH3])CC2)CC1. The molecule has 2 fully saturated rings. The zero-order valence-corrected chi connectivity index (χ0v) is 16.6. The average molecular weight is 301 g/mol. The Morgan fingerprint density at radius 1 is 0.944 bits per heavy atom. The highest BCUT2D eigenvalue weighted by Gasteiger charge is 2.32. The number of hydrogen-bond donors (Lipinski definition) is 1. The van der Waals surface area contributed by atoms with Gasteiger partial charge in [0.25, 0.3) is 0 Å². The van der Waals surface area contributed by atoms with Gasteiger partial charge in [-0.1, -0.05) is 31.2 Å². The van der Waals surface area contributed by atoms with Gasteiger partial charge in [0, 0.05) is 9.04 Å². The lowest BCUT2D eigenvalue weighted by atomic mass is 9.71. The second-order valence-corrected chi connectivity index (χ2v) is 23.0. The molecule has 1 N–H and O–H groups in total. The fraction of sp³-hybridized carbons (Fsp3) is 0.923. The maximum absolute atomic E-state index is 11.0. The van der Waals surface area contributed by atoms with Crippen molar-refractivity contribution in [3.8, 4) is 0 Å². The molecule has 2 aliphatic rings. The van der Waals surface area contributed by atoms with Crippen LogP contribution in [0.1, 0.15) is 51.4 Å². The summed E-state index contributed by atoms with van der Waals surface area (Å²) in [5.74, 6) is 1.25. The molecule has 2 aliphatic carbocycles. The van der Waals surface area contributed by atoms with Crippen molar-refractivity contribution >= 4 is 33.3 Å². The lowest BCUT2D eigenvalue weighted by Gasteiger charge is -2.37. The Bertz CT molecular complexity index is 269. The van der Waals surface area contributed by atoms with E-state index in [4.69, 9.17) is 5.11 Å². The number of carboxylic acid groups (broad SMARTS) is 1. The van der Waals surface area contributed by atoms with Gasteiger partial charge in [-0.25, -0.2) is 0 Å². The van der Waals surface area contributed by atoms with Gasteiger partial charge in [-0.3, -0.25) is 4.79 Å². The van der Waals surface area contributed by atoms with Crippen molar-refractivity contribution in [2.45, 2.75) is 56.9 Å². The van der Waals surface area contributed by atoms with Crippen molar-refractivity contribution < 1.29 is 9.90 Å². The van der Waals surface area contributed by atoms with Crippen LogP contribution in [0.15, 0.2) is 0 Å². The third-order valence-electron chi connectivity index (χ3n) is 5.38. The fourth-order valence-corrected chi connectivity index (χ4v) is 17.6. The molecule has 18 heavy (non-hydrogen) atoms. The molecule has 2 saturated carbocycles. The predicted octanol–water partition coefficient (Wildman–Crippen LogP) is 0.389. The molecule has 0 aliphatic heterocycles. The van der Waals surface area contributed by atoms with Crippen molar-refractivity contribution in [2.75, 3.05) is 0 Å². The van der Waals surface area contributed by atoms with E-state index in [9.17, 15) is 4.79 Å². The molecule has 0 saturated heterocycles. The zero-order chi connectivity index (χ0) is 13.0. The number of carboxylic acids is 1. The normalized spacial score (nSPS) is 38.9. The molecular weight excluding hydrogens is 272 g/mol. The smallest absolute Gasteiger partial charge is 0.306 e. The van der Waals surface area contributed by atoms with E-state index in [1.54, 1.807) is 22.6 Å². The lowest BCUT2D eigenvalue weighted by Crippen LogP contribution is -2.28. The fourth-order valence-electron chi connectivity index (χ4n) is 4.19. The van der Waals surface area contributed by atoms with Crippen molar-refractivity contribution in [2.24, 2.45) is 17.8 Å². The van der Waals surface area contributed by atoms with E-state index in [0.717, 1.165) is 24.7 Å². The highest BCUT2D eigenvalue weighted by molar-refractivity contribution is 7.24. The zero-order valence-electron chi connectivity index (χ0n) is 11.7. The number of hydrogen-bond acceptors (Lipinski definition) is 1. The van der Waals surface area contributed by atoms with E-state index >= 15 is 0 Å². The second kappa shape index (κ2) is 7.05. The number of carbonyl (C=O) groups is 1. The summed E-state index contributed by atoms with van der Waals surface area (Å²) in [6, 6.07) is 0. The van der Waals surface area contributed by atoms with Gasteiger partial charge in [0.1, 0.15) is 0 Å². The molecule has 104 valence electrons. The molecule has 0 aromatic rings. The Morgan fingerprint density at radius 2 is 1.44 bits per heavy atom. The van der Waals surface area contributed by atoms with Crippen LogP contribution in [0.3, 0.4) is 0 Å². The van der Waals surface area contributed by atoms with Crippen LogP contribution in [0.25, 0.3) is 0 Å². The van der Waals surface area contributed by atoms with E-state index in [0.29, 0.717) is 17.6 Å². The van der Waals surface area contributed by atoms with E-state index < -0.39 is 5.97 Å². The van der Waals surface area contributed by atoms with E-state index in [-0.39, 0.29) is 5.92 Å². The minimum atomic E-state index is -0.555. The topological polar surface area (TPSA) is 37.3 Å². The van der Waals surface area contributed by atoms with Crippen LogP contribution in [0.2, 0.25) is 5.54 Å². The summed E-state index contributed by atoms with van der Waals surface area (Å²) in [5.41, 5.74) is 1.22. The Labute approximate surface area is 118 Å². The summed E-state index contributed by atoms with van der Waals surface area (Å²) in [5, 5.41) is 9.04. The summed E-state index contributed by atoms with van der Waals surface area (Å²) in [6.45, 7) is 0. The Morgan fingerprint density at radius 3 is 1.89 bits per heavy atom. The lowest BCUT2D eigenvalue weighted by molar-refractivity contribution is -0.143. The summed E-state index contributed by atoms with van der Waals surface area (Å²) in [4.78, 5) is 11.0. The van der Waals surface area contributed by atoms with Gasteiger partial charge in [0.2, 0.25) is 0 Å². The standard InChI is InChI=1S/C13H28O2Si3/c14-13(15)11-3-1-9(2-4-11)10-5-7-12(8-6-10)17-18-16/h9-12H,1-8,17-18H2,16H3,(H,14,15). The Balaban J connectivity index is 1.73. The molecule has 0 radical (unpaired) electrons. The number of rotatable bonds is 4. The maximum atomic E-state index is 11.0. The van der Waals surface area contributed by atoms with Crippen LogP contribution in [0, 0.1) is 17.8 Å². The van der Waals surface area contributed by atoms with Gasteiger partial charge in [-0.15, -0.1) is 0 Å². The van der Waals surface area contributed by atoms with Gasteiger partial charge in [-0.2, -0.15) is 0 Å². The predicted molar refractivity (Wildman–Crippen MR) is 85.8 cm³/mol. The molecular formula is C13H28O2Si3. The minimum absolute atomic E-state index is 0.0268. The molecule has 0 bridgehead atoms. The van der Waals surface area contributed by atoms with E-state index in [1.165, 1.54) is 31.2 Å². The van der Waals surface area contributed by atoms with Crippen LogP contribution >= 0.6 is 0 Å². The van der Waals surface area contributed by atoms with Crippen molar-refractivity contribution in [1.29, 1.82) is 0 Å². The van der Waals surface area contributed by atoms with Crippen LogP contribution < -0.4 is 0 Å². The summed E-state index contributed by atoms with van der Waals surface area (Å²) >= 11 is 0. The first kappa shape index (κ1) is 14.5. The molecule has 0 aromatic heterocycles. The van der Waals surface area contributed by atoms with Gasteiger partial charge < -0.3 is 5.11 Å². The quantitative estimate of drug-likeness (QED) is 0.763. The van der Waals surface area contributed by atoms with Crippen LogP contribution in [-0.2, 0) is 4.79 Å². The highest BCUT2D eigenvalue weighted by Crippen LogP contribution is 2.42. The van der Waals surface area contributed by atoms with Crippen molar-refractivity contribution in [1.82, 2.24) is 0 Å². The number of aliphatic carboxylic acids is 1. The van der Waals surface area contributed by atoms with Crippen LogP contribution in [-0.4, -0.2) is 38.4 Å². The van der Waals surface area contributed by atoms with Crippen molar-refractivity contribution in [3.05, 3.63) is 0 Å². The van der Waals surface area contributed by atoms with Gasteiger partial charge in [0.05, 0.1) is 5.92 Å². The first-order valence-electron chi connectivity index (χ1n) is 7.93. The first-order chi connectivity index (χ1) is 8.70. The minimum Gasteiger partial charge on any atom is -0.481 e. The van der Waals surface area contributed by atoms with Gasteiger partial charge >= 0.3 is 5.97 Å². The van der Waals surface area contributed by atoms with Crippen LogP contribution in [0.4, 0.5) is 0 Å². The molecule has 0 unspecified atom stereocenters. The van der Waals surface area contributed by atoms with Crippen molar-refractivity contribution in [3.63, 3.8) is 0 Å². The third kappa shape index (κ3) is 3.81. The largest absolute Gasteiger partial charge is 0.481 e. The van der Waals surface area contributed by atoms with E-state index in [2.05, 4.69) is 0 Å². The highest BCUT2D eigenvalue weighted by atomic mass is 29.5.